The van der Waals surface area contributed by atoms with Crippen molar-refractivity contribution in [3.05, 3.63) is 59.8 Å². The number of aromatic nitrogens is 1. The number of carbonyl (C=O) groups is 2. The van der Waals surface area contributed by atoms with Gasteiger partial charge in [-0.1, -0.05) is 6.07 Å². The van der Waals surface area contributed by atoms with Gasteiger partial charge < -0.3 is 10.6 Å². The first-order valence-electron chi connectivity index (χ1n) is 7.00. The average Bonchev–Trinajstić information content (AvgIpc) is 2.52. The smallest absolute Gasteiger partial charge is 0.254 e. The number of benzene rings is 1. The molecule has 2 amide bonds. The molecule has 23 heavy (non-hydrogen) atoms. The van der Waals surface area contributed by atoms with Gasteiger partial charge in [-0.3, -0.25) is 9.59 Å². The van der Waals surface area contributed by atoms with Crippen LogP contribution in [0.3, 0.4) is 0 Å². The van der Waals surface area contributed by atoms with Crippen molar-refractivity contribution >= 4 is 17.6 Å². The van der Waals surface area contributed by atoms with Crippen LogP contribution in [0.2, 0.25) is 0 Å². The number of anilines is 1. The van der Waals surface area contributed by atoms with E-state index in [0.717, 1.165) is 12.1 Å². The summed E-state index contributed by atoms with van der Waals surface area (Å²) in [4.78, 5) is 27.3. The highest BCUT2D eigenvalue weighted by Crippen LogP contribution is 2.09. The summed E-state index contributed by atoms with van der Waals surface area (Å²) in [6.07, 6.45) is 2.13. The van der Waals surface area contributed by atoms with Crippen molar-refractivity contribution in [3.63, 3.8) is 0 Å². The van der Waals surface area contributed by atoms with Gasteiger partial charge >= 0.3 is 0 Å². The third-order valence-electron chi connectivity index (χ3n) is 2.97. The van der Waals surface area contributed by atoms with E-state index in [4.69, 9.17) is 0 Å². The van der Waals surface area contributed by atoms with Crippen molar-refractivity contribution < 1.29 is 18.4 Å². The summed E-state index contributed by atoms with van der Waals surface area (Å²) in [5.41, 5.74) is -0.232. The van der Waals surface area contributed by atoms with Crippen LogP contribution in [-0.2, 0) is 4.79 Å². The van der Waals surface area contributed by atoms with Crippen LogP contribution in [0.25, 0.3) is 0 Å². The van der Waals surface area contributed by atoms with E-state index in [9.17, 15) is 18.4 Å². The van der Waals surface area contributed by atoms with Gasteiger partial charge in [-0.25, -0.2) is 13.8 Å². The Labute approximate surface area is 131 Å². The summed E-state index contributed by atoms with van der Waals surface area (Å²) in [5.74, 6) is -2.09. The van der Waals surface area contributed by atoms with Gasteiger partial charge in [0.05, 0.1) is 5.56 Å². The van der Waals surface area contributed by atoms with Crippen molar-refractivity contribution in [3.8, 4) is 0 Å². The highest BCUT2D eigenvalue weighted by atomic mass is 19.1. The Hall–Kier alpha value is -2.83. The molecule has 0 aliphatic carbocycles. The molecule has 2 rings (SSSR count). The largest absolute Gasteiger partial charge is 0.352 e. The van der Waals surface area contributed by atoms with E-state index >= 15 is 0 Å². The zero-order valence-electron chi connectivity index (χ0n) is 12.2. The molecule has 0 bridgehead atoms. The van der Waals surface area contributed by atoms with Crippen LogP contribution >= 0.6 is 0 Å². The minimum absolute atomic E-state index is 0.183. The van der Waals surface area contributed by atoms with Gasteiger partial charge in [0.15, 0.2) is 0 Å². The predicted octanol–water partition coefficient (Wildman–Crippen LogP) is 2.51. The quantitative estimate of drug-likeness (QED) is 0.804. The van der Waals surface area contributed by atoms with E-state index in [1.165, 1.54) is 0 Å². The molecule has 0 radical (unpaired) electrons. The molecule has 2 aromatic rings. The molecule has 1 heterocycles. The maximum absolute atomic E-state index is 13.4. The Morgan fingerprint density at radius 1 is 1.13 bits per heavy atom. The van der Waals surface area contributed by atoms with E-state index in [2.05, 4.69) is 15.6 Å². The summed E-state index contributed by atoms with van der Waals surface area (Å²) < 4.78 is 26.2. The Balaban J connectivity index is 1.72. The van der Waals surface area contributed by atoms with Gasteiger partial charge in [0.25, 0.3) is 5.91 Å². The minimum Gasteiger partial charge on any atom is -0.352 e. The summed E-state index contributed by atoms with van der Waals surface area (Å²) in [7, 11) is 0. The Morgan fingerprint density at radius 3 is 2.65 bits per heavy atom. The molecular formula is C16H15F2N3O2. The molecule has 0 aliphatic heterocycles. The van der Waals surface area contributed by atoms with E-state index in [1.807, 2.05) is 0 Å². The third kappa shape index (κ3) is 5.14. The molecule has 2 N–H and O–H groups in total. The number of rotatable bonds is 6. The highest BCUT2D eigenvalue weighted by Gasteiger charge is 2.12. The number of amides is 2. The monoisotopic (exact) mass is 319 g/mol. The lowest BCUT2D eigenvalue weighted by Gasteiger charge is -2.07. The number of nitrogens with one attached hydrogen (secondary N) is 2. The maximum atomic E-state index is 13.4. The molecule has 1 aromatic carbocycles. The summed E-state index contributed by atoms with van der Waals surface area (Å²) in [5, 5.41) is 5.09. The Morgan fingerprint density at radius 2 is 1.96 bits per heavy atom. The molecule has 7 heteroatoms. The molecule has 0 saturated heterocycles. The van der Waals surface area contributed by atoms with Crippen LogP contribution in [0, 0.1) is 11.6 Å². The second kappa shape index (κ2) is 7.98. The van der Waals surface area contributed by atoms with E-state index in [0.29, 0.717) is 18.3 Å². The van der Waals surface area contributed by atoms with Crippen LogP contribution in [0.5, 0.6) is 0 Å². The summed E-state index contributed by atoms with van der Waals surface area (Å²) in [6, 6.07) is 7.89. The standard InChI is InChI=1S/C16H15F2N3O2/c17-11-6-7-12(13(18)10-11)16(23)20-9-3-5-15(22)21-14-4-1-2-8-19-14/h1-2,4,6-8,10H,3,5,9H2,(H,20,23)(H,19,21,22). The fourth-order valence-electron chi connectivity index (χ4n) is 1.86. The average molecular weight is 319 g/mol. The molecular weight excluding hydrogens is 304 g/mol. The SMILES string of the molecule is O=C(CCCNC(=O)c1ccc(F)cc1F)Nc1ccccn1. The first-order valence-corrected chi connectivity index (χ1v) is 7.00. The molecule has 0 fully saturated rings. The van der Waals surface area contributed by atoms with Crippen LogP contribution in [0.4, 0.5) is 14.6 Å². The lowest BCUT2D eigenvalue weighted by atomic mass is 10.2. The van der Waals surface area contributed by atoms with Gasteiger partial charge in [-0.05, 0) is 30.7 Å². The lowest BCUT2D eigenvalue weighted by molar-refractivity contribution is -0.116. The molecule has 1 aromatic heterocycles. The number of pyridine rings is 1. The number of halogens is 2. The van der Waals surface area contributed by atoms with Crippen molar-refractivity contribution in [2.75, 3.05) is 11.9 Å². The first-order chi connectivity index (χ1) is 11.1. The Bertz CT molecular complexity index is 693. The fourth-order valence-corrected chi connectivity index (χ4v) is 1.86. The van der Waals surface area contributed by atoms with Crippen molar-refractivity contribution in [2.24, 2.45) is 0 Å². The molecule has 0 unspecified atom stereocenters. The molecule has 0 aliphatic rings. The van der Waals surface area contributed by atoms with Gasteiger partial charge in [-0.15, -0.1) is 0 Å². The van der Waals surface area contributed by atoms with Crippen LogP contribution in [-0.4, -0.2) is 23.3 Å². The summed E-state index contributed by atoms with van der Waals surface area (Å²) >= 11 is 0. The summed E-state index contributed by atoms with van der Waals surface area (Å²) in [6.45, 7) is 0.200. The van der Waals surface area contributed by atoms with E-state index in [1.54, 1.807) is 24.4 Å². The fraction of sp³-hybridized carbons (Fsp3) is 0.188. The molecule has 120 valence electrons. The minimum atomic E-state index is -0.921. The topological polar surface area (TPSA) is 71.1 Å². The zero-order chi connectivity index (χ0) is 16.7. The second-order valence-corrected chi connectivity index (χ2v) is 4.75. The van der Waals surface area contributed by atoms with Gasteiger partial charge in [-0.2, -0.15) is 0 Å². The number of carbonyl (C=O) groups excluding carboxylic acids is 2. The van der Waals surface area contributed by atoms with Crippen molar-refractivity contribution in [1.82, 2.24) is 10.3 Å². The van der Waals surface area contributed by atoms with Gasteiger partial charge in [0, 0.05) is 25.2 Å². The Kier molecular flexibility index (Phi) is 5.74. The highest BCUT2D eigenvalue weighted by molar-refractivity contribution is 5.94. The molecule has 0 saturated carbocycles. The van der Waals surface area contributed by atoms with Crippen LogP contribution in [0.1, 0.15) is 23.2 Å². The molecule has 5 nitrogen and oxygen atoms in total. The second-order valence-electron chi connectivity index (χ2n) is 4.75. The van der Waals surface area contributed by atoms with Gasteiger partial charge in [0.2, 0.25) is 5.91 Å². The number of hydrogen-bond donors (Lipinski definition) is 2. The third-order valence-corrected chi connectivity index (χ3v) is 2.97. The van der Waals surface area contributed by atoms with Crippen molar-refractivity contribution in [2.45, 2.75) is 12.8 Å². The van der Waals surface area contributed by atoms with Crippen LogP contribution < -0.4 is 10.6 Å². The number of hydrogen-bond acceptors (Lipinski definition) is 3. The number of nitrogens with zero attached hydrogens (tertiary/aromatic N) is 1. The normalized spacial score (nSPS) is 10.2. The van der Waals surface area contributed by atoms with E-state index in [-0.39, 0.29) is 24.4 Å². The van der Waals surface area contributed by atoms with Crippen LogP contribution in [0.15, 0.2) is 42.6 Å². The lowest BCUT2D eigenvalue weighted by Crippen LogP contribution is -2.26. The van der Waals surface area contributed by atoms with Crippen molar-refractivity contribution in [1.29, 1.82) is 0 Å². The first kappa shape index (κ1) is 16.5. The maximum Gasteiger partial charge on any atom is 0.254 e. The molecule has 0 spiro atoms. The molecule has 0 atom stereocenters. The van der Waals surface area contributed by atoms with Gasteiger partial charge in [0.1, 0.15) is 17.5 Å². The zero-order valence-corrected chi connectivity index (χ0v) is 12.2. The predicted molar refractivity (Wildman–Crippen MR) is 80.8 cm³/mol. The van der Waals surface area contributed by atoms with E-state index < -0.39 is 17.5 Å².